The number of thiophene rings is 1. The molecular weight excluding hydrogens is 477 g/mol. The van der Waals surface area contributed by atoms with Gasteiger partial charge in [0.2, 0.25) is 5.91 Å². The van der Waals surface area contributed by atoms with Gasteiger partial charge in [0.15, 0.2) is 0 Å². The molecule has 1 fully saturated rings. The number of alkyl halides is 3. The van der Waals surface area contributed by atoms with Crippen molar-refractivity contribution in [3.05, 3.63) is 76.5 Å². The second-order valence-electron chi connectivity index (χ2n) is 8.44. The van der Waals surface area contributed by atoms with E-state index in [1.807, 2.05) is 30.3 Å². The van der Waals surface area contributed by atoms with E-state index < -0.39 is 24.2 Å². The number of ether oxygens (including phenoxy) is 1. The number of rotatable bonds is 7. The summed E-state index contributed by atoms with van der Waals surface area (Å²) in [6, 6.07) is 15.9. The van der Waals surface area contributed by atoms with Crippen LogP contribution < -0.4 is 15.4 Å². The lowest BCUT2D eigenvalue weighted by Gasteiger charge is -2.28. The number of hydrogen-bond acceptors (Lipinski definition) is 5. The Labute approximate surface area is 205 Å². The average Bonchev–Trinajstić information content (AvgIpc) is 3.34. The van der Waals surface area contributed by atoms with E-state index in [-0.39, 0.29) is 11.8 Å². The van der Waals surface area contributed by atoms with Gasteiger partial charge < -0.3 is 4.74 Å². The lowest BCUT2D eigenvalue weighted by molar-refractivity contribution is -0.274. The Morgan fingerprint density at radius 2 is 1.63 bits per heavy atom. The molecule has 1 aliphatic rings. The van der Waals surface area contributed by atoms with Crippen LogP contribution in [0.2, 0.25) is 0 Å². The summed E-state index contributed by atoms with van der Waals surface area (Å²) in [5, 5.41) is 7.65. The molecule has 4 rings (SSSR count). The van der Waals surface area contributed by atoms with Crippen molar-refractivity contribution in [2.45, 2.75) is 50.6 Å². The van der Waals surface area contributed by atoms with Crippen LogP contribution in [0.15, 0.2) is 66.0 Å². The first-order valence-electron chi connectivity index (χ1n) is 11.4. The van der Waals surface area contributed by atoms with Crippen LogP contribution in [-0.2, 0) is 4.79 Å². The predicted octanol–water partition coefficient (Wildman–Crippen LogP) is 6.23. The number of hydrogen-bond donors (Lipinski definition) is 2. The highest BCUT2D eigenvalue weighted by atomic mass is 32.1. The Balaban J connectivity index is 1.44. The van der Waals surface area contributed by atoms with Crippen LogP contribution in [0.5, 0.6) is 5.75 Å². The lowest BCUT2D eigenvalue weighted by Crippen LogP contribution is -2.44. The first kappa shape index (κ1) is 24.9. The van der Waals surface area contributed by atoms with Gasteiger partial charge >= 0.3 is 6.36 Å². The molecule has 2 N–H and O–H groups in total. The molecule has 1 heterocycles. The number of carbonyl (C=O) groups excluding carboxylic acids is 2. The maximum Gasteiger partial charge on any atom is 0.573 e. The first-order chi connectivity index (χ1) is 16.8. The van der Waals surface area contributed by atoms with E-state index >= 15 is 0 Å². The topological polar surface area (TPSA) is 67.4 Å². The van der Waals surface area contributed by atoms with E-state index in [1.165, 1.54) is 30.7 Å². The van der Waals surface area contributed by atoms with Crippen molar-refractivity contribution in [1.29, 1.82) is 0 Å². The zero-order chi connectivity index (χ0) is 24.8. The molecule has 2 amide bonds. The van der Waals surface area contributed by atoms with Gasteiger partial charge in [-0.15, -0.1) is 24.5 Å². The molecule has 35 heavy (non-hydrogen) atoms. The summed E-state index contributed by atoms with van der Waals surface area (Å²) in [4.78, 5) is 26.3. The number of nitrogens with one attached hydrogen (secondary N) is 2. The van der Waals surface area contributed by atoms with Gasteiger partial charge in [0.25, 0.3) is 5.91 Å². The van der Waals surface area contributed by atoms with E-state index in [1.54, 1.807) is 11.4 Å². The molecule has 2 aromatic carbocycles. The van der Waals surface area contributed by atoms with Crippen LogP contribution in [0.3, 0.4) is 0 Å². The number of halogens is 3. The summed E-state index contributed by atoms with van der Waals surface area (Å²) >= 11 is 1.16. The normalized spacial score (nSPS) is 15.4. The Morgan fingerprint density at radius 3 is 2.29 bits per heavy atom. The summed E-state index contributed by atoms with van der Waals surface area (Å²) in [7, 11) is 0. The molecule has 184 valence electrons. The van der Waals surface area contributed by atoms with E-state index in [4.69, 9.17) is 0 Å². The van der Waals surface area contributed by atoms with Crippen LogP contribution in [0.1, 0.15) is 53.4 Å². The highest BCUT2D eigenvalue weighted by Gasteiger charge is 2.31. The second-order valence-corrected chi connectivity index (χ2v) is 9.35. The van der Waals surface area contributed by atoms with Crippen LogP contribution in [0.25, 0.3) is 11.1 Å². The van der Waals surface area contributed by atoms with Crippen molar-refractivity contribution in [3.63, 3.8) is 0 Å². The smallest absolute Gasteiger partial charge is 0.406 e. The summed E-state index contributed by atoms with van der Waals surface area (Å²) < 4.78 is 41.0. The molecule has 0 saturated heterocycles. The third-order valence-corrected chi connectivity index (χ3v) is 6.81. The molecule has 1 atom stereocenters. The molecule has 1 aromatic heterocycles. The SMILES string of the molecule is O=C(NC(=O)C(NC1CCCCC1)c1ccccc1)c1cc(-c2ccc(OC(F)(F)F)cc2)cs1. The molecule has 3 aromatic rings. The van der Waals surface area contributed by atoms with E-state index in [9.17, 15) is 22.8 Å². The molecule has 0 aliphatic heterocycles. The van der Waals surface area contributed by atoms with Gasteiger partial charge in [0, 0.05) is 6.04 Å². The fraction of sp³-hybridized carbons (Fsp3) is 0.308. The molecule has 0 spiro atoms. The molecule has 1 saturated carbocycles. The fourth-order valence-electron chi connectivity index (χ4n) is 4.18. The minimum absolute atomic E-state index is 0.215. The third kappa shape index (κ3) is 6.93. The molecule has 5 nitrogen and oxygen atoms in total. The Morgan fingerprint density at radius 1 is 0.943 bits per heavy atom. The molecule has 1 aliphatic carbocycles. The number of benzene rings is 2. The Kier molecular flexibility index (Phi) is 7.87. The second kappa shape index (κ2) is 11.0. The summed E-state index contributed by atoms with van der Waals surface area (Å²) in [5.41, 5.74) is 2.07. The monoisotopic (exact) mass is 502 g/mol. The van der Waals surface area contributed by atoms with Gasteiger partial charge in [0.1, 0.15) is 11.8 Å². The van der Waals surface area contributed by atoms with Gasteiger partial charge in [-0.25, -0.2) is 0 Å². The number of imide groups is 1. The number of carbonyl (C=O) groups is 2. The summed E-state index contributed by atoms with van der Waals surface area (Å²) in [5.74, 6) is -1.26. The minimum Gasteiger partial charge on any atom is -0.406 e. The minimum atomic E-state index is -4.76. The van der Waals surface area contributed by atoms with Gasteiger partial charge in [-0.2, -0.15) is 0 Å². The van der Waals surface area contributed by atoms with E-state index in [0.29, 0.717) is 16.0 Å². The molecule has 1 unspecified atom stereocenters. The molecule has 9 heteroatoms. The summed E-state index contributed by atoms with van der Waals surface area (Å²) in [6.07, 6.45) is 0.641. The van der Waals surface area contributed by atoms with Gasteiger partial charge in [0.05, 0.1) is 4.88 Å². The Bertz CT molecular complexity index is 1140. The average molecular weight is 503 g/mol. The van der Waals surface area contributed by atoms with Crippen molar-refractivity contribution >= 4 is 23.2 Å². The first-order valence-corrected chi connectivity index (χ1v) is 12.3. The lowest BCUT2D eigenvalue weighted by atomic mass is 9.93. The van der Waals surface area contributed by atoms with Crippen molar-refractivity contribution in [3.8, 4) is 16.9 Å². The molecule has 0 radical (unpaired) electrons. The van der Waals surface area contributed by atoms with Gasteiger partial charge in [-0.05, 0) is 53.1 Å². The van der Waals surface area contributed by atoms with Crippen LogP contribution >= 0.6 is 11.3 Å². The number of amides is 2. The van der Waals surface area contributed by atoms with Gasteiger partial charge in [-0.3, -0.25) is 20.2 Å². The third-order valence-electron chi connectivity index (χ3n) is 5.88. The zero-order valence-electron chi connectivity index (χ0n) is 18.8. The maximum absolute atomic E-state index is 13.1. The highest BCUT2D eigenvalue weighted by molar-refractivity contribution is 7.12. The van der Waals surface area contributed by atoms with Crippen molar-refractivity contribution in [1.82, 2.24) is 10.6 Å². The highest BCUT2D eigenvalue weighted by Crippen LogP contribution is 2.29. The quantitative estimate of drug-likeness (QED) is 0.402. The van der Waals surface area contributed by atoms with Crippen molar-refractivity contribution < 1.29 is 27.5 Å². The van der Waals surface area contributed by atoms with E-state index in [0.717, 1.165) is 42.6 Å². The van der Waals surface area contributed by atoms with Gasteiger partial charge in [-0.1, -0.05) is 61.7 Å². The maximum atomic E-state index is 13.1. The summed E-state index contributed by atoms with van der Waals surface area (Å²) in [6.45, 7) is 0. The Hall–Kier alpha value is -3.17. The van der Waals surface area contributed by atoms with E-state index in [2.05, 4.69) is 15.4 Å². The largest absolute Gasteiger partial charge is 0.573 e. The molecule has 0 bridgehead atoms. The van der Waals surface area contributed by atoms with Crippen LogP contribution in [0, 0.1) is 0 Å². The van der Waals surface area contributed by atoms with Crippen LogP contribution in [-0.4, -0.2) is 24.2 Å². The van der Waals surface area contributed by atoms with Crippen molar-refractivity contribution in [2.75, 3.05) is 0 Å². The van der Waals surface area contributed by atoms with Crippen LogP contribution in [0.4, 0.5) is 13.2 Å². The van der Waals surface area contributed by atoms with Crippen molar-refractivity contribution in [2.24, 2.45) is 0 Å². The standard InChI is InChI=1S/C26H25F3N2O3S/c27-26(28,29)34-21-13-11-17(12-14-21)19-15-22(35-16-19)24(32)31-25(33)23(18-7-3-1-4-8-18)30-20-9-5-2-6-10-20/h1,3-4,7-8,11-16,20,23,30H,2,5-6,9-10H2,(H,31,32,33). The zero-order valence-corrected chi connectivity index (χ0v) is 19.6. The fourth-order valence-corrected chi connectivity index (χ4v) is 4.99. The molecular formula is C26H25F3N2O3S. The predicted molar refractivity (Wildman–Crippen MR) is 128 cm³/mol.